The minimum Gasteiger partial charge on any atom is -0.354 e. The third-order valence-electron chi connectivity index (χ3n) is 5.37. The highest BCUT2D eigenvalue weighted by Gasteiger charge is 2.27. The van der Waals surface area contributed by atoms with Crippen molar-refractivity contribution in [3.63, 3.8) is 0 Å². The number of nitro benzene ring substituents is 1. The lowest BCUT2D eigenvalue weighted by atomic mass is 10.2. The van der Waals surface area contributed by atoms with E-state index in [2.05, 4.69) is 27.8 Å². The molecule has 2 aromatic rings. The van der Waals surface area contributed by atoms with Gasteiger partial charge >= 0.3 is 0 Å². The van der Waals surface area contributed by atoms with Crippen LogP contribution in [0.25, 0.3) is 11.4 Å². The van der Waals surface area contributed by atoms with Gasteiger partial charge in [0.25, 0.3) is 5.69 Å². The number of hydrogen-bond donors (Lipinski definition) is 0. The molecule has 2 aliphatic rings. The first-order chi connectivity index (χ1) is 13.1. The molecular weight excluding hydrogens is 342 g/mol. The molecule has 0 atom stereocenters. The Bertz CT molecular complexity index is 812. The maximum Gasteiger partial charge on any atom is 0.269 e. The summed E-state index contributed by atoms with van der Waals surface area (Å²) in [6.07, 6.45) is 3.62. The van der Waals surface area contributed by atoms with Crippen molar-refractivity contribution in [2.75, 3.05) is 37.6 Å². The Kier molecular flexibility index (Phi) is 5.03. The van der Waals surface area contributed by atoms with Gasteiger partial charge in [-0.05, 0) is 37.3 Å². The molecule has 2 heterocycles. The second-order valence-electron chi connectivity index (χ2n) is 7.43. The van der Waals surface area contributed by atoms with Gasteiger partial charge in [0.1, 0.15) is 5.82 Å². The summed E-state index contributed by atoms with van der Waals surface area (Å²) in [6.45, 7) is 7.44. The van der Waals surface area contributed by atoms with E-state index in [0.717, 1.165) is 55.6 Å². The third kappa shape index (κ3) is 4.24. The van der Waals surface area contributed by atoms with Gasteiger partial charge in [-0.15, -0.1) is 0 Å². The quantitative estimate of drug-likeness (QED) is 0.577. The molecule has 0 amide bonds. The van der Waals surface area contributed by atoms with Crippen LogP contribution in [0.4, 0.5) is 11.5 Å². The summed E-state index contributed by atoms with van der Waals surface area (Å²) in [5.74, 6) is 2.52. The average molecular weight is 367 g/mol. The van der Waals surface area contributed by atoms with Gasteiger partial charge in [-0.2, -0.15) is 0 Å². The molecule has 1 aromatic heterocycles. The monoisotopic (exact) mass is 367 g/mol. The smallest absolute Gasteiger partial charge is 0.269 e. The molecule has 27 heavy (non-hydrogen) atoms. The number of piperazine rings is 1. The van der Waals surface area contributed by atoms with Crippen LogP contribution in [0.3, 0.4) is 0 Å². The topological polar surface area (TPSA) is 75.4 Å². The van der Waals surface area contributed by atoms with Crippen LogP contribution in [0.1, 0.15) is 25.5 Å². The van der Waals surface area contributed by atoms with Crippen molar-refractivity contribution in [3.8, 4) is 11.4 Å². The molecule has 1 aliphatic carbocycles. The van der Waals surface area contributed by atoms with E-state index in [-0.39, 0.29) is 10.6 Å². The van der Waals surface area contributed by atoms with Crippen molar-refractivity contribution in [1.29, 1.82) is 0 Å². The Labute approximate surface area is 159 Å². The molecule has 1 saturated carbocycles. The third-order valence-corrected chi connectivity index (χ3v) is 5.37. The molecule has 7 nitrogen and oxygen atoms in total. The van der Waals surface area contributed by atoms with Crippen LogP contribution in [0, 0.1) is 16.0 Å². The van der Waals surface area contributed by atoms with Crippen LogP contribution in [-0.4, -0.2) is 52.5 Å². The number of aryl methyl sites for hydroxylation is 1. The zero-order valence-electron chi connectivity index (χ0n) is 15.7. The van der Waals surface area contributed by atoms with Crippen molar-refractivity contribution in [1.82, 2.24) is 14.9 Å². The zero-order valence-corrected chi connectivity index (χ0v) is 15.7. The largest absolute Gasteiger partial charge is 0.354 e. The lowest BCUT2D eigenvalue weighted by Crippen LogP contribution is -2.47. The summed E-state index contributed by atoms with van der Waals surface area (Å²) >= 11 is 0. The molecule has 1 aliphatic heterocycles. The van der Waals surface area contributed by atoms with E-state index in [4.69, 9.17) is 4.98 Å². The van der Waals surface area contributed by atoms with Crippen LogP contribution < -0.4 is 4.90 Å². The molecule has 0 N–H and O–H groups in total. The summed E-state index contributed by atoms with van der Waals surface area (Å²) in [7, 11) is 0. The summed E-state index contributed by atoms with van der Waals surface area (Å²) in [5, 5.41) is 10.9. The van der Waals surface area contributed by atoms with E-state index >= 15 is 0 Å². The van der Waals surface area contributed by atoms with Crippen molar-refractivity contribution < 1.29 is 4.92 Å². The lowest BCUT2D eigenvalue weighted by molar-refractivity contribution is -0.384. The van der Waals surface area contributed by atoms with Gasteiger partial charge in [0.2, 0.25) is 0 Å². The molecule has 2 fully saturated rings. The number of nitro groups is 1. The fourth-order valence-corrected chi connectivity index (χ4v) is 3.51. The van der Waals surface area contributed by atoms with Gasteiger partial charge in [0, 0.05) is 62.2 Å². The Morgan fingerprint density at radius 2 is 1.81 bits per heavy atom. The van der Waals surface area contributed by atoms with E-state index in [0.29, 0.717) is 5.82 Å². The van der Waals surface area contributed by atoms with Crippen molar-refractivity contribution in [2.24, 2.45) is 5.92 Å². The first kappa shape index (κ1) is 17.9. The molecule has 0 spiro atoms. The average Bonchev–Trinajstić information content (AvgIpc) is 3.52. The van der Waals surface area contributed by atoms with E-state index in [9.17, 15) is 10.1 Å². The van der Waals surface area contributed by atoms with Crippen LogP contribution >= 0.6 is 0 Å². The number of rotatable bonds is 6. The number of anilines is 1. The highest BCUT2D eigenvalue weighted by molar-refractivity contribution is 5.60. The van der Waals surface area contributed by atoms with Crippen LogP contribution in [0.5, 0.6) is 0 Å². The predicted molar refractivity (Wildman–Crippen MR) is 105 cm³/mol. The zero-order chi connectivity index (χ0) is 18.8. The van der Waals surface area contributed by atoms with Gasteiger partial charge in [-0.25, -0.2) is 9.97 Å². The fraction of sp³-hybridized carbons (Fsp3) is 0.500. The van der Waals surface area contributed by atoms with Gasteiger partial charge in [0.15, 0.2) is 5.82 Å². The minimum absolute atomic E-state index is 0.0809. The molecule has 0 unspecified atom stereocenters. The summed E-state index contributed by atoms with van der Waals surface area (Å²) in [5.41, 5.74) is 1.88. The molecule has 7 heteroatoms. The van der Waals surface area contributed by atoms with Gasteiger partial charge < -0.3 is 4.90 Å². The number of nitrogens with zero attached hydrogens (tertiary/aromatic N) is 5. The normalized spacial score (nSPS) is 17.9. The molecule has 4 rings (SSSR count). The maximum absolute atomic E-state index is 10.9. The Morgan fingerprint density at radius 1 is 1.11 bits per heavy atom. The molecule has 1 aromatic carbocycles. The van der Waals surface area contributed by atoms with Gasteiger partial charge in [-0.1, -0.05) is 6.92 Å². The fourth-order valence-electron chi connectivity index (χ4n) is 3.51. The van der Waals surface area contributed by atoms with Crippen LogP contribution in [0.15, 0.2) is 30.3 Å². The van der Waals surface area contributed by atoms with E-state index < -0.39 is 0 Å². The Hall–Kier alpha value is -2.54. The maximum atomic E-state index is 10.9. The van der Waals surface area contributed by atoms with E-state index in [1.165, 1.54) is 31.5 Å². The standard InChI is InChI=1S/C20H25N5O2/c1-2-17-13-19(24-11-9-23(10-12-24)14-15-3-4-15)22-20(21-17)16-5-7-18(8-6-16)25(26)27/h5-8,13,15H,2-4,9-12,14H2,1H3. The number of aromatic nitrogens is 2. The highest BCUT2D eigenvalue weighted by Crippen LogP contribution is 2.30. The van der Waals surface area contributed by atoms with Crippen LogP contribution in [-0.2, 0) is 6.42 Å². The molecule has 1 saturated heterocycles. The summed E-state index contributed by atoms with van der Waals surface area (Å²) in [6, 6.07) is 8.54. The second-order valence-corrected chi connectivity index (χ2v) is 7.43. The number of benzene rings is 1. The highest BCUT2D eigenvalue weighted by atomic mass is 16.6. The molecule has 0 radical (unpaired) electrons. The predicted octanol–water partition coefficient (Wildman–Crippen LogP) is 3.15. The van der Waals surface area contributed by atoms with Gasteiger partial charge in [0.05, 0.1) is 4.92 Å². The molecule has 142 valence electrons. The summed E-state index contributed by atoms with van der Waals surface area (Å²) in [4.78, 5) is 24.8. The van der Waals surface area contributed by atoms with E-state index in [1.807, 2.05) is 0 Å². The Morgan fingerprint density at radius 3 is 2.41 bits per heavy atom. The second kappa shape index (κ2) is 7.60. The van der Waals surface area contributed by atoms with Crippen molar-refractivity contribution >= 4 is 11.5 Å². The van der Waals surface area contributed by atoms with Gasteiger partial charge in [-0.3, -0.25) is 15.0 Å². The molecular formula is C20H25N5O2. The van der Waals surface area contributed by atoms with E-state index in [1.54, 1.807) is 12.1 Å². The van der Waals surface area contributed by atoms with Crippen LogP contribution in [0.2, 0.25) is 0 Å². The first-order valence-electron chi connectivity index (χ1n) is 9.72. The van der Waals surface area contributed by atoms with Crippen molar-refractivity contribution in [2.45, 2.75) is 26.2 Å². The lowest BCUT2D eigenvalue weighted by Gasteiger charge is -2.35. The molecule has 0 bridgehead atoms. The number of non-ortho nitro benzene ring substituents is 1. The number of hydrogen-bond acceptors (Lipinski definition) is 6. The first-order valence-corrected chi connectivity index (χ1v) is 9.72. The van der Waals surface area contributed by atoms with Crippen molar-refractivity contribution in [3.05, 3.63) is 46.1 Å². The minimum atomic E-state index is -0.389. The summed E-state index contributed by atoms with van der Waals surface area (Å²) < 4.78 is 0. The Balaban J connectivity index is 1.53. The SMILES string of the molecule is CCc1cc(N2CCN(CC3CC3)CC2)nc(-c2ccc([N+](=O)[O-])cc2)n1.